The van der Waals surface area contributed by atoms with Gasteiger partial charge in [0.05, 0.1) is 23.6 Å². The molecule has 0 saturated heterocycles. The zero-order valence-electron chi connectivity index (χ0n) is 17.2. The van der Waals surface area contributed by atoms with Crippen LogP contribution in [0.2, 0.25) is 0 Å². The van der Waals surface area contributed by atoms with Crippen molar-refractivity contribution >= 4 is 22.5 Å². The van der Waals surface area contributed by atoms with Gasteiger partial charge in [-0.1, -0.05) is 12.5 Å². The van der Waals surface area contributed by atoms with Crippen LogP contribution in [0.5, 0.6) is 5.75 Å². The Balaban J connectivity index is 1.26. The number of anilines is 1. The van der Waals surface area contributed by atoms with Crippen molar-refractivity contribution in [1.82, 2.24) is 10.3 Å². The summed E-state index contributed by atoms with van der Waals surface area (Å²) in [5, 5.41) is 3.99. The fourth-order valence-corrected chi connectivity index (χ4v) is 4.27. The second-order valence-corrected chi connectivity index (χ2v) is 8.47. The van der Waals surface area contributed by atoms with E-state index in [9.17, 15) is 4.79 Å². The minimum absolute atomic E-state index is 0.00281. The van der Waals surface area contributed by atoms with E-state index in [1.54, 1.807) is 0 Å². The van der Waals surface area contributed by atoms with Crippen molar-refractivity contribution in [2.24, 2.45) is 5.92 Å². The van der Waals surface area contributed by atoms with Crippen LogP contribution in [0, 0.1) is 12.8 Å². The van der Waals surface area contributed by atoms with Gasteiger partial charge in [-0.3, -0.25) is 9.78 Å². The summed E-state index contributed by atoms with van der Waals surface area (Å²) >= 11 is 0. The first kappa shape index (κ1) is 20.0. The Morgan fingerprint density at radius 1 is 1.21 bits per heavy atom. The number of carbonyl (C=O) groups is 1. The number of hydrogen-bond donors (Lipinski definition) is 2. The zero-order chi connectivity index (χ0) is 20.2. The lowest BCUT2D eigenvalue weighted by atomic mass is 9.86. The summed E-state index contributed by atoms with van der Waals surface area (Å²) < 4.78 is 11.8. The van der Waals surface area contributed by atoms with E-state index in [1.807, 2.05) is 31.2 Å². The Kier molecular flexibility index (Phi) is 6.19. The number of aryl methyl sites for hydroxylation is 1. The second-order valence-electron chi connectivity index (χ2n) is 8.47. The molecule has 6 nitrogen and oxygen atoms in total. The predicted octanol–water partition coefficient (Wildman–Crippen LogP) is 3.75. The molecule has 0 spiro atoms. The summed E-state index contributed by atoms with van der Waals surface area (Å²) in [7, 11) is 0. The molecule has 4 rings (SSSR count). The molecule has 0 bridgehead atoms. The van der Waals surface area contributed by atoms with Crippen LogP contribution in [-0.2, 0) is 9.53 Å². The van der Waals surface area contributed by atoms with E-state index in [0.29, 0.717) is 11.6 Å². The number of nitrogen functional groups attached to an aromatic ring is 1. The Labute approximate surface area is 172 Å². The molecule has 2 fully saturated rings. The highest BCUT2D eigenvalue weighted by atomic mass is 16.5. The van der Waals surface area contributed by atoms with Crippen LogP contribution in [0.1, 0.15) is 50.6 Å². The molecule has 0 aliphatic heterocycles. The molecule has 2 aliphatic rings. The van der Waals surface area contributed by atoms with Gasteiger partial charge in [-0.2, -0.15) is 0 Å². The number of pyridine rings is 1. The van der Waals surface area contributed by atoms with Crippen molar-refractivity contribution in [2.45, 2.75) is 64.0 Å². The number of nitrogens with zero attached hydrogens (tertiary/aromatic N) is 1. The normalized spacial score (nSPS) is 22.2. The van der Waals surface area contributed by atoms with Crippen molar-refractivity contribution in [2.75, 3.05) is 18.9 Å². The highest BCUT2D eigenvalue weighted by molar-refractivity contribution is 5.95. The number of hydrogen-bond acceptors (Lipinski definition) is 5. The van der Waals surface area contributed by atoms with Gasteiger partial charge in [0.25, 0.3) is 0 Å². The number of carbonyl (C=O) groups excluding carboxylic acids is 1. The fraction of sp³-hybridized carbons (Fsp3) is 0.565. The van der Waals surface area contributed by atoms with E-state index >= 15 is 0 Å². The average molecular weight is 398 g/mol. The summed E-state index contributed by atoms with van der Waals surface area (Å²) in [6, 6.07) is 7.97. The topological polar surface area (TPSA) is 86.5 Å². The summed E-state index contributed by atoms with van der Waals surface area (Å²) in [6.07, 6.45) is 7.55. The number of aromatic nitrogens is 1. The molecular formula is C23H31N3O3. The van der Waals surface area contributed by atoms with E-state index in [1.165, 1.54) is 19.3 Å². The minimum atomic E-state index is -0.00281. The predicted molar refractivity (Wildman–Crippen MR) is 114 cm³/mol. The van der Waals surface area contributed by atoms with Gasteiger partial charge in [0.15, 0.2) is 0 Å². The van der Waals surface area contributed by atoms with Crippen molar-refractivity contribution in [1.29, 1.82) is 0 Å². The number of amides is 1. The monoisotopic (exact) mass is 397 g/mol. The van der Waals surface area contributed by atoms with Gasteiger partial charge in [-0.25, -0.2) is 0 Å². The third-order valence-electron chi connectivity index (χ3n) is 6.10. The summed E-state index contributed by atoms with van der Waals surface area (Å²) in [5.41, 5.74) is 8.70. The molecular weight excluding hydrogens is 366 g/mol. The van der Waals surface area contributed by atoms with Crippen LogP contribution in [0.25, 0.3) is 10.9 Å². The Morgan fingerprint density at radius 2 is 2.00 bits per heavy atom. The highest BCUT2D eigenvalue weighted by Crippen LogP contribution is 2.33. The van der Waals surface area contributed by atoms with Crippen LogP contribution < -0.4 is 15.8 Å². The van der Waals surface area contributed by atoms with E-state index in [0.717, 1.165) is 54.6 Å². The largest absolute Gasteiger partial charge is 0.490 e. The van der Waals surface area contributed by atoms with E-state index < -0.39 is 0 Å². The number of nitrogens with one attached hydrogen (secondary N) is 1. The Bertz CT molecular complexity index is 858. The molecule has 1 aromatic heterocycles. The molecule has 1 heterocycles. The van der Waals surface area contributed by atoms with Crippen LogP contribution in [0.3, 0.4) is 0 Å². The van der Waals surface area contributed by atoms with Crippen molar-refractivity contribution in [3.8, 4) is 5.75 Å². The molecule has 29 heavy (non-hydrogen) atoms. The third-order valence-corrected chi connectivity index (χ3v) is 6.10. The minimum Gasteiger partial charge on any atom is -0.490 e. The van der Waals surface area contributed by atoms with Gasteiger partial charge in [0, 0.05) is 17.4 Å². The van der Waals surface area contributed by atoms with Crippen molar-refractivity contribution in [3.63, 3.8) is 0 Å². The number of ether oxygens (including phenoxy) is 2. The lowest BCUT2D eigenvalue weighted by molar-refractivity contribution is -0.127. The Morgan fingerprint density at radius 3 is 2.72 bits per heavy atom. The van der Waals surface area contributed by atoms with E-state index in [2.05, 4.69) is 10.3 Å². The third kappa shape index (κ3) is 4.99. The molecule has 2 aliphatic carbocycles. The molecule has 2 aromatic rings. The molecule has 2 saturated carbocycles. The first-order chi connectivity index (χ1) is 14.1. The van der Waals surface area contributed by atoms with Crippen LogP contribution in [0.15, 0.2) is 24.3 Å². The maximum absolute atomic E-state index is 12.1. The van der Waals surface area contributed by atoms with Crippen LogP contribution in [-0.4, -0.2) is 36.3 Å². The van der Waals surface area contributed by atoms with Gasteiger partial charge >= 0.3 is 0 Å². The smallest absolute Gasteiger partial charge is 0.246 e. The number of rotatable bonds is 7. The van der Waals surface area contributed by atoms with Gasteiger partial charge in [0.1, 0.15) is 12.4 Å². The molecule has 0 radical (unpaired) electrons. The first-order valence-electron chi connectivity index (χ1n) is 10.8. The van der Waals surface area contributed by atoms with E-state index in [-0.39, 0.29) is 24.7 Å². The number of benzene rings is 1. The first-order valence-corrected chi connectivity index (χ1v) is 10.8. The second kappa shape index (κ2) is 8.99. The quantitative estimate of drug-likeness (QED) is 0.743. The van der Waals surface area contributed by atoms with Crippen molar-refractivity contribution < 1.29 is 14.3 Å². The highest BCUT2D eigenvalue weighted by Gasteiger charge is 2.25. The molecule has 0 atom stereocenters. The summed E-state index contributed by atoms with van der Waals surface area (Å²) in [6.45, 7) is 2.84. The number of nitrogens with two attached hydrogens (primary N) is 1. The summed E-state index contributed by atoms with van der Waals surface area (Å²) in [4.78, 5) is 16.7. The summed E-state index contributed by atoms with van der Waals surface area (Å²) in [5.74, 6) is 1.46. The molecule has 1 aromatic carbocycles. The standard InChI is InChI=1S/C23H31N3O3/c1-15-12-19(24)23-20(25-15)6-3-7-21(23)29-18-10-8-17(9-11-18)26-22(27)14-28-13-16-4-2-5-16/h3,6-7,12,16-18H,2,4-5,8-11,13-14H2,1H3,(H2,24,25)(H,26,27). The van der Waals surface area contributed by atoms with E-state index in [4.69, 9.17) is 15.2 Å². The van der Waals surface area contributed by atoms with Crippen LogP contribution in [0.4, 0.5) is 5.69 Å². The molecule has 0 unspecified atom stereocenters. The average Bonchev–Trinajstić information content (AvgIpc) is 2.65. The zero-order valence-corrected chi connectivity index (χ0v) is 17.2. The molecule has 1 amide bonds. The maximum Gasteiger partial charge on any atom is 0.246 e. The fourth-order valence-electron chi connectivity index (χ4n) is 4.27. The van der Waals surface area contributed by atoms with Crippen molar-refractivity contribution in [3.05, 3.63) is 30.0 Å². The molecule has 3 N–H and O–H groups in total. The van der Waals surface area contributed by atoms with Gasteiger partial charge < -0.3 is 20.5 Å². The van der Waals surface area contributed by atoms with Gasteiger partial charge in [0.2, 0.25) is 5.91 Å². The molecule has 6 heteroatoms. The lowest BCUT2D eigenvalue weighted by Crippen LogP contribution is -2.41. The van der Waals surface area contributed by atoms with Gasteiger partial charge in [-0.15, -0.1) is 0 Å². The number of fused-ring (bicyclic) bond motifs is 1. The van der Waals surface area contributed by atoms with Crippen LogP contribution >= 0.6 is 0 Å². The SMILES string of the molecule is Cc1cc(N)c2c(OC3CCC(NC(=O)COCC4CCC4)CC3)cccc2n1. The Hall–Kier alpha value is -2.34. The van der Waals surface area contributed by atoms with Gasteiger partial charge in [-0.05, 0) is 69.6 Å². The lowest BCUT2D eigenvalue weighted by Gasteiger charge is -2.30. The molecule has 156 valence electrons. The maximum atomic E-state index is 12.1.